The number of anilines is 1. The van der Waals surface area contributed by atoms with Crippen LogP contribution in [-0.4, -0.2) is 11.6 Å². The Morgan fingerprint density at radius 3 is 1.58 bits per heavy atom. The van der Waals surface area contributed by atoms with Crippen LogP contribution in [0.5, 0.6) is 0 Å². The molecule has 1 amide bonds. The molecule has 31 heavy (non-hydrogen) atoms. The Bertz CT molecular complexity index is 1170. The highest BCUT2D eigenvalue weighted by Crippen LogP contribution is 2.48. The number of nitrogens with one attached hydrogen (secondary N) is 1. The van der Waals surface area contributed by atoms with E-state index in [1.165, 1.54) is 0 Å². The van der Waals surface area contributed by atoms with Crippen molar-refractivity contribution >= 4 is 17.3 Å². The standard InChI is InChI=1S/C28H22N2O/c1-20-17-18-25-24(19-20)26(29)27(31)30(25)28(21-11-5-2-6-12-21,22-13-7-3-8-14-22)23-15-9-4-10-16-23/h2-19,29H,1H3. The molecule has 4 aromatic rings. The van der Waals surface area contributed by atoms with Gasteiger partial charge in [0.2, 0.25) is 0 Å². The SMILES string of the molecule is Cc1ccc2c(c1)C(=N)C(=O)N2C(c1ccccc1)(c1ccccc1)c1ccccc1. The molecule has 0 bridgehead atoms. The van der Waals surface area contributed by atoms with E-state index in [2.05, 4.69) is 36.4 Å². The van der Waals surface area contributed by atoms with Gasteiger partial charge in [0.15, 0.2) is 0 Å². The normalized spacial score (nSPS) is 13.4. The van der Waals surface area contributed by atoms with Gasteiger partial charge in [-0.1, -0.05) is 103 Å². The zero-order valence-electron chi connectivity index (χ0n) is 17.2. The monoisotopic (exact) mass is 402 g/mol. The molecular formula is C28H22N2O. The number of carbonyl (C=O) groups excluding carboxylic acids is 1. The molecule has 3 nitrogen and oxygen atoms in total. The van der Waals surface area contributed by atoms with Crippen LogP contribution in [0.4, 0.5) is 5.69 Å². The second-order valence-electron chi connectivity index (χ2n) is 7.84. The van der Waals surface area contributed by atoms with Crippen molar-refractivity contribution in [3.63, 3.8) is 0 Å². The Morgan fingerprint density at radius 1 is 0.677 bits per heavy atom. The maximum atomic E-state index is 13.7. The van der Waals surface area contributed by atoms with E-state index in [0.717, 1.165) is 27.9 Å². The molecule has 5 rings (SSSR count). The van der Waals surface area contributed by atoms with Crippen molar-refractivity contribution in [1.82, 2.24) is 0 Å². The van der Waals surface area contributed by atoms with Gasteiger partial charge in [-0.2, -0.15) is 0 Å². The first-order valence-corrected chi connectivity index (χ1v) is 10.3. The minimum atomic E-state index is -0.909. The fourth-order valence-corrected chi connectivity index (χ4v) is 4.64. The highest BCUT2D eigenvalue weighted by atomic mass is 16.2. The fourth-order valence-electron chi connectivity index (χ4n) is 4.64. The summed E-state index contributed by atoms with van der Waals surface area (Å²) in [5.74, 6) is -0.294. The molecule has 0 atom stereocenters. The lowest BCUT2D eigenvalue weighted by molar-refractivity contribution is -0.113. The molecule has 150 valence electrons. The Kier molecular flexibility index (Phi) is 4.52. The van der Waals surface area contributed by atoms with Gasteiger partial charge in [0.1, 0.15) is 11.3 Å². The Hall–Kier alpha value is -3.98. The van der Waals surface area contributed by atoms with Crippen LogP contribution in [0.2, 0.25) is 0 Å². The van der Waals surface area contributed by atoms with Crippen molar-refractivity contribution in [3.8, 4) is 0 Å². The molecule has 4 aromatic carbocycles. The van der Waals surface area contributed by atoms with Crippen molar-refractivity contribution in [2.24, 2.45) is 0 Å². The summed E-state index contributed by atoms with van der Waals surface area (Å²) < 4.78 is 0. The summed E-state index contributed by atoms with van der Waals surface area (Å²) in [5.41, 5.74) is 4.52. The first-order valence-electron chi connectivity index (χ1n) is 10.3. The van der Waals surface area contributed by atoms with Gasteiger partial charge in [0.05, 0.1) is 5.69 Å². The lowest BCUT2D eigenvalue weighted by Crippen LogP contribution is -2.51. The molecule has 0 saturated heterocycles. The maximum Gasteiger partial charge on any atom is 0.278 e. The number of amides is 1. The highest BCUT2D eigenvalue weighted by molar-refractivity contribution is 6.53. The number of aryl methyl sites for hydroxylation is 1. The zero-order valence-corrected chi connectivity index (χ0v) is 17.2. The second kappa shape index (κ2) is 7.37. The van der Waals surface area contributed by atoms with E-state index >= 15 is 0 Å². The molecule has 0 fully saturated rings. The minimum absolute atomic E-state index is 0.0332. The molecule has 1 aliphatic heterocycles. The molecule has 1 N–H and O–H groups in total. The van der Waals surface area contributed by atoms with Gasteiger partial charge < -0.3 is 0 Å². The Morgan fingerprint density at radius 2 is 1.13 bits per heavy atom. The van der Waals surface area contributed by atoms with Gasteiger partial charge in [0.25, 0.3) is 5.91 Å². The van der Waals surface area contributed by atoms with Gasteiger partial charge in [-0.15, -0.1) is 0 Å². The number of benzene rings is 4. The maximum absolute atomic E-state index is 13.7. The summed E-state index contributed by atoms with van der Waals surface area (Å²) in [6.07, 6.45) is 0. The molecule has 0 unspecified atom stereocenters. The molecule has 0 aromatic heterocycles. The summed E-state index contributed by atoms with van der Waals surface area (Å²) in [5, 5.41) is 8.64. The topological polar surface area (TPSA) is 44.2 Å². The van der Waals surface area contributed by atoms with Crippen LogP contribution in [-0.2, 0) is 10.3 Å². The van der Waals surface area contributed by atoms with Gasteiger partial charge in [-0.05, 0) is 35.7 Å². The van der Waals surface area contributed by atoms with Gasteiger partial charge in [0, 0.05) is 5.56 Å². The van der Waals surface area contributed by atoms with E-state index < -0.39 is 5.54 Å². The van der Waals surface area contributed by atoms with Crippen molar-refractivity contribution in [1.29, 1.82) is 5.41 Å². The minimum Gasteiger partial charge on any atom is -0.295 e. The average molecular weight is 402 g/mol. The molecular weight excluding hydrogens is 380 g/mol. The molecule has 3 heteroatoms. The second-order valence-corrected chi connectivity index (χ2v) is 7.84. The van der Waals surface area contributed by atoms with Crippen molar-refractivity contribution in [2.75, 3.05) is 4.90 Å². The van der Waals surface area contributed by atoms with E-state index in [-0.39, 0.29) is 11.6 Å². The third-order valence-corrected chi connectivity index (χ3v) is 5.99. The lowest BCUT2D eigenvalue weighted by Gasteiger charge is -2.43. The predicted molar refractivity (Wildman–Crippen MR) is 125 cm³/mol. The summed E-state index contributed by atoms with van der Waals surface area (Å²) >= 11 is 0. The quantitative estimate of drug-likeness (QED) is 0.437. The number of hydrogen-bond acceptors (Lipinski definition) is 2. The van der Waals surface area contributed by atoms with E-state index in [1.807, 2.05) is 84.6 Å². The number of rotatable bonds is 4. The fraction of sp³-hybridized carbons (Fsp3) is 0.0714. The highest BCUT2D eigenvalue weighted by Gasteiger charge is 2.50. The van der Waals surface area contributed by atoms with Crippen LogP contribution in [0.15, 0.2) is 109 Å². The van der Waals surface area contributed by atoms with Crippen LogP contribution < -0.4 is 4.90 Å². The third-order valence-electron chi connectivity index (χ3n) is 5.99. The molecule has 0 saturated carbocycles. The molecule has 1 heterocycles. The van der Waals surface area contributed by atoms with Crippen LogP contribution >= 0.6 is 0 Å². The first kappa shape index (κ1) is 19.0. The first-order chi connectivity index (χ1) is 15.1. The van der Waals surface area contributed by atoms with Crippen molar-refractivity contribution < 1.29 is 4.79 Å². The number of carbonyl (C=O) groups is 1. The Labute approximate surface area is 182 Å². The number of nitrogens with zero attached hydrogens (tertiary/aromatic N) is 1. The number of fused-ring (bicyclic) bond motifs is 1. The van der Waals surface area contributed by atoms with E-state index in [4.69, 9.17) is 5.41 Å². The zero-order chi connectivity index (χ0) is 21.4. The van der Waals surface area contributed by atoms with E-state index in [9.17, 15) is 4.79 Å². The smallest absolute Gasteiger partial charge is 0.278 e. The average Bonchev–Trinajstić information content (AvgIpc) is 3.07. The molecule has 0 aliphatic carbocycles. The van der Waals surface area contributed by atoms with Gasteiger partial charge in [-0.25, -0.2) is 0 Å². The van der Waals surface area contributed by atoms with E-state index in [1.54, 1.807) is 0 Å². The molecule has 1 aliphatic rings. The third kappa shape index (κ3) is 2.82. The van der Waals surface area contributed by atoms with Gasteiger partial charge >= 0.3 is 0 Å². The lowest BCUT2D eigenvalue weighted by atomic mass is 9.75. The van der Waals surface area contributed by atoms with Crippen molar-refractivity contribution in [3.05, 3.63) is 137 Å². The summed E-state index contributed by atoms with van der Waals surface area (Å²) in [6.45, 7) is 1.99. The van der Waals surface area contributed by atoms with E-state index in [0.29, 0.717) is 5.56 Å². The molecule has 0 radical (unpaired) electrons. The Balaban J connectivity index is 1.93. The van der Waals surface area contributed by atoms with Crippen LogP contribution in [0.25, 0.3) is 0 Å². The summed E-state index contributed by atoms with van der Waals surface area (Å²) in [4.78, 5) is 15.6. The van der Waals surface area contributed by atoms with Crippen molar-refractivity contribution in [2.45, 2.75) is 12.5 Å². The molecule has 0 spiro atoms. The van der Waals surface area contributed by atoms with Gasteiger partial charge in [-0.3, -0.25) is 15.1 Å². The van der Waals surface area contributed by atoms with Crippen LogP contribution in [0.3, 0.4) is 0 Å². The van der Waals surface area contributed by atoms with Crippen LogP contribution in [0.1, 0.15) is 27.8 Å². The largest absolute Gasteiger partial charge is 0.295 e. The summed E-state index contributed by atoms with van der Waals surface area (Å²) in [7, 11) is 0. The summed E-state index contributed by atoms with van der Waals surface area (Å²) in [6, 6.07) is 36.2. The predicted octanol–water partition coefficient (Wildman–Crippen LogP) is 5.70. The number of hydrogen-bond donors (Lipinski definition) is 1. The van der Waals surface area contributed by atoms with Crippen LogP contribution in [0, 0.1) is 12.3 Å².